The number of benzene rings is 1. The molecule has 2 aliphatic rings. The Morgan fingerprint density at radius 1 is 1.16 bits per heavy atom. The van der Waals surface area contributed by atoms with Crippen LogP contribution in [0.3, 0.4) is 0 Å². The molecule has 44 heavy (non-hydrogen) atoms. The lowest BCUT2D eigenvalue weighted by Crippen LogP contribution is -2.55. The molecule has 3 rings (SSSR count). The maximum absolute atomic E-state index is 14.1. The van der Waals surface area contributed by atoms with Gasteiger partial charge in [-0.1, -0.05) is 44.9 Å². The molecule has 1 saturated heterocycles. The first-order valence-electron chi connectivity index (χ1n) is 14.5. The maximum Gasteiger partial charge on any atom is 0.500 e. The molecule has 6 atom stereocenters. The highest BCUT2D eigenvalue weighted by atomic mass is 31.2. The Morgan fingerprint density at radius 3 is 2.45 bits per heavy atom. The van der Waals surface area contributed by atoms with Crippen molar-refractivity contribution in [2.75, 3.05) is 19.8 Å². The van der Waals surface area contributed by atoms with Crippen LogP contribution in [0.1, 0.15) is 59.3 Å². The Hall–Kier alpha value is -3.20. The number of rotatable bonds is 17. The fourth-order valence-electron chi connectivity index (χ4n) is 4.31. The standard InChI is InChI=1S/C28H40N3O12P/c1-4-6-15-39-23(33)17-20(25(35)40-16-7-5-2)30-44(38,43-19-11-9-8-10-12-19)41-18-21-24(34)28(3,37)26(42-21)31-14-13-22(32)29-27(31)36/h8-12,14,20-21,24,26,34,37H,4-7,13,15-18H2,1-3H3,(H-,29,30,32,36,38)/p+1/t20-,21+,24+,26+,28+,44+/m0/s1. The zero-order valence-electron chi connectivity index (χ0n) is 25.0. The summed E-state index contributed by atoms with van der Waals surface area (Å²) in [5.41, 5.74) is -2.03. The molecule has 16 heteroatoms. The molecule has 1 aromatic carbocycles. The number of aliphatic hydroxyl groups excluding tert-OH is 1. The first kappa shape index (κ1) is 35.3. The monoisotopic (exact) mass is 642 g/mol. The Kier molecular flexibility index (Phi) is 13.0. The van der Waals surface area contributed by atoms with Crippen LogP contribution in [-0.2, 0) is 37.7 Å². The number of nitrogens with zero attached hydrogens (tertiary/aromatic N) is 1. The predicted molar refractivity (Wildman–Crippen MR) is 154 cm³/mol. The number of para-hydroxylation sites is 1. The highest BCUT2D eigenvalue weighted by Crippen LogP contribution is 2.46. The lowest BCUT2D eigenvalue weighted by atomic mass is 9.96. The number of ether oxygens (including phenoxy) is 3. The second kappa shape index (κ2) is 16.2. The second-order valence-corrected chi connectivity index (χ2v) is 12.2. The van der Waals surface area contributed by atoms with Gasteiger partial charge in [-0.2, -0.15) is 19.8 Å². The van der Waals surface area contributed by atoms with E-state index in [1.807, 2.05) is 13.8 Å². The van der Waals surface area contributed by atoms with Gasteiger partial charge in [0.2, 0.25) is 6.23 Å². The van der Waals surface area contributed by atoms with Gasteiger partial charge < -0.3 is 28.9 Å². The van der Waals surface area contributed by atoms with Gasteiger partial charge in [0.25, 0.3) is 0 Å². The first-order chi connectivity index (χ1) is 20.9. The molecule has 15 nitrogen and oxygen atoms in total. The van der Waals surface area contributed by atoms with Gasteiger partial charge in [0.15, 0.2) is 5.60 Å². The van der Waals surface area contributed by atoms with Crippen molar-refractivity contribution in [3.63, 3.8) is 0 Å². The highest BCUT2D eigenvalue weighted by molar-refractivity contribution is 7.52. The minimum atomic E-state index is -4.55. The minimum Gasteiger partial charge on any atom is -0.466 e. The van der Waals surface area contributed by atoms with E-state index in [1.54, 1.807) is 18.2 Å². The zero-order valence-corrected chi connectivity index (χ0v) is 25.9. The van der Waals surface area contributed by atoms with E-state index >= 15 is 0 Å². The molecular weight excluding hydrogens is 601 g/mol. The number of carbonyl (C=O) groups is 4. The number of imide groups is 1. The topological polar surface area (TPSA) is 199 Å². The number of hydrogen-bond donors (Lipinski definition) is 4. The summed E-state index contributed by atoms with van der Waals surface area (Å²) in [7, 11) is -4.55. The van der Waals surface area contributed by atoms with Crippen molar-refractivity contribution < 1.29 is 61.8 Å². The first-order valence-corrected chi connectivity index (χ1v) is 16.0. The number of esters is 2. The van der Waals surface area contributed by atoms with Gasteiger partial charge in [-0.25, -0.2) is 9.36 Å². The molecule has 1 fully saturated rings. The van der Waals surface area contributed by atoms with Crippen LogP contribution in [0, 0.1) is 0 Å². The molecule has 0 aromatic heterocycles. The van der Waals surface area contributed by atoms with Crippen LogP contribution in [0.2, 0.25) is 0 Å². The van der Waals surface area contributed by atoms with Crippen molar-refractivity contribution in [2.24, 2.45) is 0 Å². The fourth-order valence-corrected chi connectivity index (χ4v) is 5.81. The minimum absolute atomic E-state index is 0.0639. The molecular formula is C28H41N3O12P+. The van der Waals surface area contributed by atoms with Crippen LogP contribution in [0.15, 0.2) is 30.3 Å². The average Bonchev–Trinajstić information content (AvgIpc) is 3.20. The number of urea groups is 1. The number of unbranched alkanes of at least 4 members (excludes halogenated alkanes) is 2. The van der Waals surface area contributed by atoms with Gasteiger partial charge in [0.05, 0.1) is 32.5 Å². The van der Waals surface area contributed by atoms with Crippen molar-refractivity contribution >= 4 is 37.8 Å². The summed E-state index contributed by atoms with van der Waals surface area (Å²) in [4.78, 5) is 49.4. The molecule has 2 aliphatic heterocycles. The molecule has 0 unspecified atom stereocenters. The predicted octanol–water partition coefficient (Wildman–Crippen LogP) is 1.79. The molecule has 4 N–H and O–H groups in total. The summed E-state index contributed by atoms with van der Waals surface area (Å²) in [5.74, 6) is -2.08. The Morgan fingerprint density at radius 2 is 1.82 bits per heavy atom. The third kappa shape index (κ3) is 9.65. The van der Waals surface area contributed by atoms with Gasteiger partial charge in [-0.05, 0) is 31.9 Å². The van der Waals surface area contributed by atoms with Crippen LogP contribution < -0.4 is 14.9 Å². The molecule has 3 amide bonds. The highest BCUT2D eigenvalue weighted by Gasteiger charge is 2.58. The zero-order chi connectivity index (χ0) is 32.3. The van der Waals surface area contributed by atoms with E-state index in [4.69, 9.17) is 23.3 Å². The molecule has 0 bridgehead atoms. The van der Waals surface area contributed by atoms with E-state index in [0.29, 0.717) is 12.8 Å². The van der Waals surface area contributed by atoms with E-state index in [9.17, 15) is 34.0 Å². The molecule has 1 aromatic rings. The molecule has 244 valence electrons. The molecule has 0 aliphatic carbocycles. The van der Waals surface area contributed by atoms with E-state index in [2.05, 4.69) is 10.4 Å². The van der Waals surface area contributed by atoms with E-state index < -0.39 is 74.7 Å². The molecule has 2 heterocycles. The van der Waals surface area contributed by atoms with Gasteiger partial charge in [0, 0.05) is 0 Å². The van der Waals surface area contributed by atoms with Crippen molar-refractivity contribution in [2.45, 2.75) is 89.4 Å². The van der Waals surface area contributed by atoms with Gasteiger partial charge >= 0.3 is 31.6 Å². The second-order valence-electron chi connectivity index (χ2n) is 10.5. The number of carbonyl (C=O) groups excluding carboxylic acids is 4. The SMILES string of the molecule is CCCCOC(=O)C[C@H](N[P@@](=O)(OC[C@H]1O[C@@H]([N+]2=CCC(=O)NC2=O)[C@](C)(O)[C@@H]1O)Oc1ccccc1)C(=O)OCCCC. The summed E-state index contributed by atoms with van der Waals surface area (Å²) in [6, 6.07) is 5.52. The average molecular weight is 643 g/mol. The summed E-state index contributed by atoms with van der Waals surface area (Å²) in [5, 5.41) is 26.5. The Labute approximate surface area is 255 Å². The van der Waals surface area contributed by atoms with Crippen molar-refractivity contribution in [1.82, 2.24) is 10.4 Å². The van der Waals surface area contributed by atoms with Crippen molar-refractivity contribution in [3.05, 3.63) is 30.3 Å². The van der Waals surface area contributed by atoms with E-state index in [-0.39, 0.29) is 25.4 Å². The normalized spacial score (nSPS) is 25.4. The van der Waals surface area contributed by atoms with Crippen LogP contribution in [0.5, 0.6) is 5.75 Å². The van der Waals surface area contributed by atoms with Gasteiger partial charge in [0.1, 0.15) is 30.4 Å². The lowest BCUT2D eigenvalue weighted by molar-refractivity contribution is -0.546. The molecule has 0 spiro atoms. The van der Waals surface area contributed by atoms with Crippen molar-refractivity contribution in [3.8, 4) is 5.75 Å². The summed E-state index contributed by atoms with van der Waals surface area (Å²) in [6.45, 7) is 4.60. The summed E-state index contributed by atoms with van der Waals surface area (Å²) >= 11 is 0. The quantitative estimate of drug-likeness (QED) is 0.0831. The third-order valence-corrected chi connectivity index (χ3v) is 8.38. The smallest absolute Gasteiger partial charge is 0.466 e. The maximum atomic E-state index is 14.1. The Balaban J connectivity index is 1.82. The lowest BCUT2D eigenvalue weighted by Gasteiger charge is -2.26. The van der Waals surface area contributed by atoms with E-state index in [0.717, 1.165) is 17.4 Å². The van der Waals surface area contributed by atoms with Crippen LogP contribution in [0.4, 0.5) is 4.79 Å². The van der Waals surface area contributed by atoms with E-state index in [1.165, 1.54) is 25.3 Å². The number of nitrogens with one attached hydrogen (secondary N) is 2. The van der Waals surface area contributed by atoms with Crippen LogP contribution in [0.25, 0.3) is 0 Å². The fraction of sp³-hybridized carbons (Fsp3) is 0.607. The van der Waals surface area contributed by atoms with Crippen molar-refractivity contribution in [1.29, 1.82) is 0 Å². The summed E-state index contributed by atoms with van der Waals surface area (Å²) in [6.07, 6.45) is -1.22. The number of hydrogen-bond acceptors (Lipinski definition) is 12. The Bertz CT molecular complexity index is 1240. The molecule has 0 radical (unpaired) electrons. The molecule has 0 saturated carbocycles. The van der Waals surface area contributed by atoms with Crippen LogP contribution >= 0.6 is 7.75 Å². The van der Waals surface area contributed by atoms with Gasteiger partial charge in [-0.3, -0.25) is 14.1 Å². The summed E-state index contributed by atoms with van der Waals surface area (Å²) < 4.78 is 42.6. The van der Waals surface area contributed by atoms with Crippen LogP contribution in [-0.4, -0.2) is 94.8 Å². The largest absolute Gasteiger partial charge is 0.500 e. The number of amides is 3. The third-order valence-electron chi connectivity index (χ3n) is 6.81. The number of aliphatic hydroxyl groups is 2. The van der Waals surface area contributed by atoms with Gasteiger partial charge in [-0.15, -0.1) is 0 Å².